The van der Waals surface area contributed by atoms with Crippen molar-refractivity contribution in [2.75, 3.05) is 10.0 Å². The number of halogens is 1. The fourth-order valence-corrected chi connectivity index (χ4v) is 3.88. The van der Waals surface area contributed by atoms with Crippen LogP contribution in [0.3, 0.4) is 0 Å². The fourth-order valence-electron chi connectivity index (χ4n) is 2.52. The molecule has 0 aliphatic carbocycles. The first-order chi connectivity index (χ1) is 12.3. The van der Waals surface area contributed by atoms with Crippen LogP contribution in [-0.2, 0) is 10.0 Å². The van der Waals surface area contributed by atoms with Gasteiger partial charge in [0.05, 0.1) is 16.8 Å². The van der Waals surface area contributed by atoms with Gasteiger partial charge < -0.3 is 5.32 Å². The van der Waals surface area contributed by atoms with Gasteiger partial charge in [-0.15, -0.1) is 0 Å². The second-order valence-corrected chi connectivity index (χ2v) is 8.03. The largest absolute Gasteiger partial charge is 0.354 e. The molecule has 7 heteroatoms. The van der Waals surface area contributed by atoms with Crippen molar-refractivity contribution in [3.05, 3.63) is 76.9 Å². The van der Waals surface area contributed by atoms with Crippen molar-refractivity contribution in [3.63, 3.8) is 0 Å². The first-order valence-corrected chi connectivity index (χ1v) is 9.78. The van der Waals surface area contributed by atoms with E-state index in [-0.39, 0.29) is 10.7 Å². The lowest BCUT2D eigenvalue weighted by molar-refractivity contribution is 0.600. The van der Waals surface area contributed by atoms with Gasteiger partial charge in [0.1, 0.15) is 5.82 Å². The standard InChI is InChI=1S/C19H18ClN3O2S/c1-13-3-9-18(14(2)11-13)26(24,25)23-19-10-8-17(12-21-19)22-16-6-4-15(20)5-7-16/h3-12,22H,1-2H3,(H,21,23). The van der Waals surface area contributed by atoms with E-state index in [1.165, 1.54) is 0 Å². The number of benzene rings is 2. The van der Waals surface area contributed by atoms with Crippen molar-refractivity contribution < 1.29 is 8.42 Å². The van der Waals surface area contributed by atoms with Crippen LogP contribution in [0.4, 0.5) is 17.2 Å². The molecule has 0 bridgehead atoms. The second-order valence-electron chi connectivity index (χ2n) is 5.94. The van der Waals surface area contributed by atoms with Crippen molar-refractivity contribution in [1.82, 2.24) is 4.98 Å². The Morgan fingerprint density at radius 1 is 0.923 bits per heavy atom. The summed E-state index contributed by atoms with van der Waals surface area (Å²) in [6, 6.07) is 15.8. The van der Waals surface area contributed by atoms with Crippen molar-refractivity contribution >= 4 is 38.8 Å². The number of aryl methyl sites for hydroxylation is 2. The minimum atomic E-state index is -3.68. The average Bonchev–Trinajstić information content (AvgIpc) is 2.58. The van der Waals surface area contributed by atoms with Gasteiger partial charge in [0.15, 0.2) is 0 Å². The molecule has 0 radical (unpaired) electrons. The smallest absolute Gasteiger partial charge is 0.263 e. The predicted molar refractivity (Wildman–Crippen MR) is 106 cm³/mol. The lowest BCUT2D eigenvalue weighted by atomic mass is 10.2. The summed E-state index contributed by atoms with van der Waals surface area (Å²) in [5.74, 6) is 0.256. The second kappa shape index (κ2) is 7.35. The molecule has 3 aromatic rings. The molecular weight excluding hydrogens is 370 g/mol. The normalized spacial score (nSPS) is 11.2. The van der Waals surface area contributed by atoms with Gasteiger partial charge in [0.25, 0.3) is 10.0 Å². The molecule has 1 heterocycles. The third kappa shape index (κ3) is 4.33. The van der Waals surface area contributed by atoms with Crippen LogP contribution >= 0.6 is 11.6 Å². The summed E-state index contributed by atoms with van der Waals surface area (Å²) in [7, 11) is -3.68. The van der Waals surface area contributed by atoms with Gasteiger partial charge in [-0.05, 0) is 61.9 Å². The summed E-state index contributed by atoms with van der Waals surface area (Å²) in [4.78, 5) is 4.42. The molecule has 0 atom stereocenters. The monoisotopic (exact) mass is 387 g/mol. The van der Waals surface area contributed by atoms with E-state index in [0.717, 1.165) is 16.9 Å². The Labute approximate surface area is 158 Å². The van der Waals surface area contributed by atoms with Crippen molar-refractivity contribution in [3.8, 4) is 0 Å². The fraction of sp³-hybridized carbons (Fsp3) is 0.105. The van der Waals surface area contributed by atoms with Crippen LogP contribution in [0.2, 0.25) is 5.02 Å². The molecule has 0 saturated carbocycles. The number of sulfonamides is 1. The molecule has 0 spiro atoms. The molecular formula is C19H18ClN3O2S. The van der Waals surface area contributed by atoms with Gasteiger partial charge in [0.2, 0.25) is 0 Å². The molecule has 134 valence electrons. The maximum atomic E-state index is 12.6. The van der Waals surface area contributed by atoms with E-state index < -0.39 is 10.0 Å². The van der Waals surface area contributed by atoms with Gasteiger partial charge in [-0.3, -0.25) is 4.72 Å². The Hall–Kier alpha value is -2.57. The molecule has 1 aromatic heterocycles. The van der Waals surface area contributed by atoms with Crippen LogP contribution in [0.5, 0.6) is 0 Å². The molecule has 0 saturated heterocycles. The number of pyridine rings is 1. The van der Waals surface area contributed by atoms with E-state index in [9.17, 15) is 8.42 Å². The number of rotatable bonds is 5. The molecule has 2 N–H and O–H groups in total. The summed E-state index contributed by atoms with van der Waals surface area (Å²) in [5.41, 5.74) is 3.30. The lowest BCUT2D eigenvalue weighted by Crippen LogP contribution is -2.15. The van der Waals surface area contributed by atoms with Crippen LogP contribution in [-0.4, -0.2) is 13.4 Å². The van der Waals surface area contributed by atoms with Gasteiger partial charge >= 0.3 is 0 Å². The Balaban J connectivity index is 1.75. The average molecular weight is 388 g/mol. The zero-order valence-electron chi connectivity index (χ0n) is 14.3. The Morgan fingerprint density at radius 3 is 2.23 bits per heavy atom. The molecule has 3 rings (SSSR count). The van der Waals surface area contributed by atoms with Gasteiger partial charge in [-0.25, -0.2) is 13.4 Å². The molecule has 0 amide bonds. The lowest BCUT2D eigenvalue weighted by Gasteiger charge is -2.11. The van der Waals surface area contributed by atoms with E-state index >= 15 is 0 Å². The number of hydrogen-bond donors (Lipinski definition) is 2. The van der Waals surface area contributed by atoms with Gasteiger partial charge in [-0.2, -0.15) is 0 Å². The van der Waals surface area contributed by atoms with Crippen LogP contribution in [0.25, 0.3) is 0 Å². The highest BCUT2D eigenvalue weighted by molar-refractivity contribution is 7.92. The maximum Gasteiger partial charge on any atom is 0.263 e. The summed E-state index contributed by atoms with van der Waals surface area (Å²) >= 11 is 5.86. The zero-order valence-corrected chi connectivity index (χ0v) is 15.9. The highest BCUT2D eigenvalue weighted by Crippen LogP contribution is 2.22. The van der Waals surface area contributed by atoms with E-state index in [1.54, 1.807) is 49.5 Å². The number of aromatic nitrogens is 1. The third-order valence-electron chi connectivity index (χ3n) is 3.76. The number of nitrogens with zero attached hydrogens (tertiary/aromatic N) is 1. The van der Waals surface area contributed by atoms with Crippen molar-refractivity contribution in [2.24, 2.45) is 0 Å². The Bertz CT molecular complexity index is 1020. The summed E-state index contributed by atoms with van der Waals surface area (Å²) < 4.78 is 27.6. The third-order valence-corrected chi connectivity index (χ3v) is 5.52. The molecule has 26 heavy (non-hydrogen) atoms. The van der Waals surface area contributed by atoms with E-state index in [1.807, 2.05) is 25.1 Å². The minimum absolute atomic E-state index is 0.244. The van der Waals surface area contributed by atoms with Gasteiger partial charge in [0, 0.05) is 10.7 Å². The number of anilines is 3. The van der Waals surface area contributed by atoms with E-state index in [0.29, 0.717) is 10.6 Å². The van der Waals surface area contributed by atoms with E-state index in [4.69, 9.17) is 11.6 Å². The molecule has 2 aromatic carbocycles. The molecule has 0 aliphatic heterocycles. The van der Waals surface area contributed by atoms with Crippen LogP contribution in [0, 0.1) is 13.8 Å². The quantitative estimate of drug-likeness (QED) is 0.653. The first kappa shape index (κ1) is 18.2. The SMILES string of the molecule is Cc1ccc(S(=O)(=O)Nc2ccc(Nc3ccc(Cl)cc3)cn2)c(C)c1. The van der Waals surface area contributed by atoms with Gasteiger partial charge in [-0.1, -0.05) is 29.3 Å². The maximum absolute atomic E-state index is 12.6. The zero-order chi connectivity index (χ0) is 18.7. The molecule has 5 nitrogen and oxygen atoms in total. The van der Waals surface area contributed by atoms with Crippen LogP contribution in [0.15, 0.2) is 65.7 Å². The molecule has 0 aliphatic rings. The predicted octanol–water partition coefficient (Wildman–Crippen LogP) is 4.90. The summed E-state index contributed by atoms with van der Waals surface area (Å²) in [6.45, 7) is 3.69. The highest BCUT2D eigenvalue weighted by Gasteiger charge is 2.17. The highest BCUT2D eigenvalue weighted by atomic mass is 35.5. The van der Waals surface area contributed by atoms with E-state index in [2.05, 4.69) is 15.0 Å². The number of hydrogen-bond acceptors (Lipinski definition) is 4. The topological polar surface area (TPSA) is 71.1 Å². The first-order valence-electron chi connectivity index (χ1n) is 7.92. The Kier molecular flexibility index (Phi) is 5.15. The number of nitrogens with one attached hydrogen (secondary N) is 2. The van der Waals surface area contributed by atoms with Crippen LogP contribution < -0.4 is 10.0 Å². The minimum Gasteiger partial charge on any atom is -0.354 e. The molecule has 0 fully saturated rings. The Morgan fingerprint density at radius 2 is 1.62 bits per heavy atom. The van der Waals surface area contributed by atoms with Crippen molar-refractivity contribution in [2.45, 2.75) is 18.7 Å². The summed E-state index contributed by atoms with van der Waals surface area (Å²) in [5, 5.41) is 3.83. The summed E-state index contributed by atoms with van der Waals surface area (Å²) in [6.07, 6.45) is 1.56. The van der Waals surface area contributed by atoms with Crippen molar-refractivity contribution in [1.29, 1.82) is 0 Å². The van der Waals surface area contributed by atoms with Crippen LogP contribution in [0.1, 0.15) is 11.1 Å². The molecule has 0 unspecified atom stereocenters.